The zero-order chi connectivity index (χ0) is 21.2. The first-order chi connectivity index (χ1) is 13.7. The van der Waals surface area contributed by atoms with Crippen molar-refractivity contribution in [3.05, 3.63) is 80.3 Å². The Kier molecular flexibility index (Phi) is 6.11. The van der Waals surface area contributed by atoms with Gasteiger partial charge in [0.25, 0.3) is 5.56 Å². The Morgan fingerprint density at radius 1 is 1.10 bits per heavy atom. The van der Waals surface area contributed by atoms with E-state index in [1.807, 2.05) is 0 Å². The van der Waals surface area contributed by atoms with Crippen LogP contribution < -0.4 is 10.9 Å². The molecular formula is C18H13Cl2F3N4O2. The minimum absolute atomic E-state index is 0.118. The third-order valence-corrected chi connectivity index (χ3v) is 4.61. The molecule has 0 spiro atoms. The number of aliphatic hydroxyl groups excluding tert-OH is 1. The van der Waals surface area contributed by atoms with E-state index in [2.05, 4.69) is 15.4 Å². The van der Waals surface area contributed by atoms with Crippen LogP contribution in [0.1, 0.15) is 17.2 Å². The third-order valence-electron chi connectivity index (χ3n) is 4.00. The number of rotatable bonds is 5. The zero-order valence-corrected chi connectivity index (χ0v) is 16.0. The van der Waals surface area contributed by atoms with E-state index in [-0.39, 0.29) is 23.1 Å². The molecule has 3 rings (SSSR count). The number of nitrogens with one attached hydrogen (secondary N) is 1. The normalized spacial score (nSPS) is 12.6. The van der Waals surface area contributed by atoms with Crippen molar-refractivity contribution in [2.75, 3.05) is 11.9 Å². The largest absolute Gasteiger partial charge is 0.417 e. The second-order valence-electron chi connectivity index (χ2n) is 5.92. The van der Waals surface area contributed by atoms with E-state index in [0.717, 1.165) is 16.8 Å². The molecule has 6 nitrogen and oxygen atoms in total. The Balaban J connectivity index is 1.89. The summed E-state index contributed by atoms with van der Waals surface area (Å²) in [6, 6.07) is 7.91. The Morgan fingerprint density at radius 2 is 1.79 bits per heavy atom. The van der Waals surface area contributed by atoms with E-state index in [9.17, 15) is 23.1 Å². The van der Waals surface area contributed by atoms with Crippen molar-refractivity contribution >= 4 is 28.9 Å². The van der Waals surface area contributed by atoms with Gasteiger partial charge in [0.1, 0.15) is 5.02 Å². The molecule has 0 aliphatic rings. The quantitative estimate of drug-likeness (QED) is 0.619. The smallest absolute Gasteiger partial charge is 0.394 e. The maximum absolute atomic E-state index is 12.7. The van der Waals surface area contributed by atoms with E-state index < -0.39 is 23.3 Å². The molecule has 1 unspecified atom stereocenters. The van der Waals surface area contributed by atoms with E-state index >= 15 is 0 Å². The predicted molar refractivity (Wildman–Crippen MR) is 103 cm³/mol. The Hall–Kier alpha value is -2.62. The first-order valence-electron chi connectivity index (χ1n) is 8.15. The number of anilines is 1. The van der Waals surface area contributed by atoms with Gasteiger partial charge in [-0.05, 0) is 29.8 Å². The monoisotopic (exact) mass is 444 g/mol. The van der Waals surface area contributed by atoms with Crippen molar-refractivity contribution in [2.24, 2.45) is 0 Å². The molecule has 0 radical (unpaired) electrons. The zero-order valence-electron chi connectivity index (χ0n) is 14.5. The van der Waals surface area contributed by atoms with Gasteiger partial charge in [-0.3, -0.25) is 4.79 Å². The van der Waals surface area contributed by atoms with Gasteiger partial charge in [0.05, 0.1) is 30.1 Å². The molecule has 29 heavy (non-hydrogen) atoms. The molecule has 2 N–H and O–H groups in total. The molecule has 0 aliphatic heterocycles. The van der Waals surface area contributed by atoms with Gasteiger partial charge >= 0.3 is 6.18 Å². The number of hydrogen-bond donors (Lipinski definition) is 2. The van der Waals surface area contributed by atoms with Gasteiger partial charge in [0, 0.05) is 11.2 Å². The second kappa shape index (κ2) is 8.40. The van der Waals surface area contributed by atoms with E-state index in [4.69, 9.17) is 23.2 Å². The minimum atomic E-state index is -4.55. The first kappa shape index (κ1) is 21.1. The highest BCUT2D eigenvalue weighted by Gasteiger charge is 2.30. The average Bonchev–Trinajstić information content (AvgIpc) is 2.69. The number of aliphatic hydroxyl groups is 1. The number of alkyl halides is 3. The van der Waals surface area contributed by atoms with Crippen LogP contribution in [0.15, 0.2) is 53.6 Å². The van der Waals surface area contributed by atoms with Crippen molar-refractivity contribution in [3.63, 3.8) is 0 Å². The molecule has 152 valence electrons. The number of pyridine rings is 1. The fourth-order valence-electron chi connectivity index (χ4n) is 2.49. The fourth-order valence-corrected chi connectivity index (χ4v) is 2.80. The van der Waals surface area contributed by atoms with Gasteiger partial charge in [-0.2, -0.15) is 23.0 Å². The van der Waals surface area contributed by atoms with Crippen LogP contribution in [0.5, 0.6) is 0 Å². The molecule has 1 aromatic carbocycles. The van der Waals surface area contributed by atoms with Crippen LogP contribution >= 0.6 is 23.2 Å². The highest BCUT2D eigenvalue weighted by atomic mass is 35.5. The summed E-state index contributed by atoms with van der Waals surface area (Å²) in [5.74, 6) is -0.118. The summed E-state index contributed by atoms with van der Waals surface area (Å²) >= 11 is 12.0. The number of benzene rings is 1. The Labute approximate surface area is 172 Å². The molecule has 0 saturated heterocycles. The maximum Gasteiger partial charge on any atom is 0.417 e. The van der Waals surface area contributed by atoms with Crippen molar-refractivity contribution in [2.45, 2.75) is 12.2 Å². The molecule has 0 bridgehead atoms. The lowest BCUT2D eigenvalue weighted by atomic mass is 10.1. The topological polar surface area (TPSA) is 80.0 Å². The summed E-state index contributed by atoms with van der Waals surface area (Å²) in [4.78, 5) is 16.1. The maximum atomic E-state index is 12.7. The SMILES string of the molecule is O=c1c(Cl)c(NC(CO)c2ccc(Cl)cc2)cnn1-c1ccc(C(F)(F)F)cn1. The Bertz CT molecular complexity index is 1050. The van der Waals surface area contributed by atoms with Crippen LogP contribution in [-0.2, 0) is 6.18 Å². The lowest BCUT2D eigenvalue weighted by Gasteiger charge is -2.19. The van der Waals surface area contributed by atoms with E-state index in [1.54, 1.807) is 24.3 Å². The van der Waals surface area contributed by atoms with Gasteiger partial charge in [0.15, 0.2) is 5.82 Å². The highest BCUT2D eigenvalue weighted by molar-refractivity contribution is 6.33. The van der Waals surface area contributed by atoms with Gasteiger partial charge < -0.3 is 10.4 Å². The van der Waals surface area contributed by atoms with Crippen molar-refractivity contribution in [1.82, 2.24) is 14.8 Å². The number of aromatic nitrogens is 3. The molecule has 1 atom stereocenters. The summed E-state index contributed by atoms with van der Waals surface area (Å²) in [5.41, 5.74) is -0.889. The van der Waals surface area contributed by atoms with Gasteiger partial charge in [-0.15, -0.1) is 0 Å². The minimum Gasteiger partial charge on any atom is -0.394 e. The van der Waals surface area contributed by atoms with Crippen LogP contribution in [0.3, 0.4) is 0 Å². The predicted octanol–water partition coefficient (Wildman–Crippen LogP) is 4.10. The molecule has 3 aromatic rings. The summed E-state index contributed by atoms with van der Waals surface area (Å²) < 4.78 is 38.7. The van der Waals surface area contributed by atoms with Crippen LogP contribution in [0.2, 0.25) is 10.0 Å². The van der Waals surface area contributed by atoms with E-state index in [0.29, 0.717) is 16.8 Å². The van der Waals surface area contributed by atoms with Crippen molar-refractivity contribution in [3.8, 4) is 5.82 Å². The number of nitrogens with zero attached hydrogens (tertiary/aromatic N) is 3. The highest BCUT2D eigenvalue weighted by Crippen LogP contribution is 2.29. The standard InChI is InChI=1S/C18H13Cl2F3N4O2/c19-12-4-1-10(2-5-12)14(9-28)26-13-8-25-27(17(29)16(13)20)15-6-3-11(7-24-15)18(21,22)23/h1-8,14,26,28H,9H2. The number of hydrogen-bond acceptors (Lipinski definition) is 5. The van der Waals surface area contributed by atoms with Gasteiger partial charge in [-0.25, -0.2) is 4.98 Å². The third kappa shape index (κ3) is 4.69. The van der Waals surface area contributed by atoms with Crippen LogP contribution in [0, 0.1) is 0 Å². The van der Waals surface area contributed by atoms with Crippen LogP contribution in [0.25, 0.3) is 5.82 Å². The fraction of sp³-hybridized carbons (Fsp3) is 0.167. The van der Waals surface area contributed by atoms with Gasteiger partial charge in [0.2, 0.25) is 0 Å². The lowest BCUT2D eigenvalue weighted by Crippen LogP contribution is -2.25. The first-order valence-corrected chi connectivity index (χ1v) is 8.90. The lowest BCUT2D eigenvalue weighted by molar-refractivity contribution is -0.137. The van der Waals surface area contributed by atoms with Gasteiger partial charge in [-0.1, -0.05) is 35.3 Å². The van der Waals surface area contributed by atoms with Crippen molar-refractivity contribution < 1.29 is 18.3 Å². The molecule has 0 fully saturated rings. The average molecular weight is 445 g/mol. The summed E-state index contributed by atoms with van der Waals surface area (Å²) in [7, 11) is 0. The molecule has 0 amide bonds. The summed E-state index contributed by atoms with van der Waals surface area (Å²) in [6.45, 7) is -0.304. The summed E-state index contributed by atoms with van der Waals surface area (Å²) in [5, 5.41) is 16.7. The van der Waals surface area contributed by atoms with Crippen LogP contribution in [0.4, 0.5) is 18.9 Å². The molecule has 2 aromatic heterocycles. The molecule has 0 aliphatic carbocycles. The second-order valence-corrected chi connectivity index (χ2v) is 6.74. The Morgan fingerprint density at radius 3 is 2.34 bits per heavy atom. The van der Waals surface area contributed by atoms with E-state index in [1.165, 1.54) is 6.20 Å². The molecule has 11 heteroatoms. The molecular weight excluding hydrogens is 432 g/mol. The van der Waals surface area contributed by atoms with Crippen molar-refractivity contribution in [1.29, 1.82) is 0 Å². The molecule has 2 heterocycles. The number of halogens is 5. The van der Waals surface area contributed by atoms with Crippen LogP contribution in [-0.4, -0.2) is 26.5 Å². The molecule has 0 saturated carbocycles. The summed E-state index contributed by atoms with van der Waals surface area (Å²) in [6.07, 6.45) is -2.72.